The standard InChI is InChI=1S/C19H14Cl2N4O4/c20-10-5-6-13(14(21)7-10)17-16(11-3-1-2-4-12(11)18(26)23-17)19(27)25-28-8-15-22-9-29-24-15/h1-7,9,16-17H,8H2,(H,23,26)(H,25,27)/t16-,17+/m1/s1. The summed E-state index contributed by atoms with van der Waals surface area (Å²) >= 11 is 12.3. The minimum Gasteiger partial charge on any atom is -0.344 e. The SMILES string of the molecule is O=C1N[C@@H](c2ccc(Cl)cc2Cl)[C@H](C(=O)NOCc2ncon2)c2ccccc21. The third-order valence-corrected chi connectivity index (χ3v) is 5.08. The lowest BCUT2D eigenvalue weighted by molar-refractivity contribution is -0.137. The Kier molecular flexibility index (Phi) is 5.48. The molecule has 0 fully saturated rings. The van der Waals surface area contributed by atoms with E-state index in [2.05, 4.69) is 25.5 Å². The third kappa shape index (κ3) is 3.95. The van der Waals surface area contributed by atoms with Crippen molar-refractivity contribution in [2.24, 2.45) is 0 Å². The Morgan fingerprint density at radius 3 is 2.79 bits per heavy atom. The van der Waals surface area contributed by atoms with E-state index in [4.69, 9.17) is 28.0 Å². The first-order valence-electron chi connectivity index (χ1n) is 8.56. The fraction of sp³-hybridized carbons (Fsp3) is 0.158. The van der Waals surface area contributed by atoms with Gasteiger partial charge in [-0.2, -0.15) is 4.98 Å². The van der Waals surface area contributed by atoms with Crippen LogP contribution in [0.2, 0.25) is 10.0 Å². The highest BCUT2D eigenvalue weighted by molar-refractivity contribution is 6.35. The number of halogens is 2. The number of fused-ring (bicyclic) bond motifs is 1. The molecule has 0 unspecified atom stereocenters. The van der Waals surface area contributed by atoms with E-state index in [9.17, 15) is 9.59 Å². The molecule has 8 nitrogen and oxygen atoms in total. The predicted octanol–water partition coefficient (Wildman–Crippen LogP) is 3.19. The molecule has 0 bridgehead atoms. The number of nitrogens with zero attached hydrogens (tertiary/aromatic N) is 2. The van der Waals surface area contributed by atoms with E-state index < -0.39 is 17.9 Å². The topological polar surface area (TPSA) is 106 Å². The largest absolute Gasteiger partial charge is 0.344 e. The Balaban J connectivity index is 1.66. The number of aromatic nitrogens is 2. The maximum atomic E-state index is 13.0. The second kappa shape index (κ2) is 8.20. The highest BCUT2D eigenvalue weighted by Gasteiger charge is 2.40. The summed E-state index contributed by atoms with van der Waals surface area (Å²) in [6.07, 6.45) is 1.16. The molecule has 2 atom stereocenters. The van der Waals surface area contributed by atoms with Crippen molar-refractivity contribution in [2.45, 2.75) is 18.6 Å². The molecule has 1 aliphatic heterocycles. The molecule has 29 heavy (non-hydrogen) atoms. The normalized spacial score (nSPS) is 18.1. The van der Waals surface area contributed by atoms with E-state index in [0.29, 0.717) is 26.7 Å². The number of carbonyl (C=O) groups excluding carboxylic acids is 2. The van der Waals surface area contributed by atoms with Crippen LogP contribution in [0.25, 0.3) is 0 Å². The summed E-state index contributed by atoms with van der Waals surface area (Å²) in [5.74, 6) is -1.27. The molecule has 1 aromatic heterocycles. The molecule has 2 N–H and O–H groups in total. The molecule has 0 spiro atoms. The van der Waals surface area contributed by atoms with Gasteiger partial charge < -0.3 is 9.84 Å². The van der Waals surface area contributed by atoms with Crippen LogP contribution in [0.1, 0.15) is 39.3 Å². The molecular weight excluding hydrogens is 419 g/mol. The molecule has 10 heteroatoms. The van der Waals surface area contributed by atoms with Crippen LogP contribution in [0.5, 0.6) is 0 Å². The second-order valence-electron chi connectivity index (χ2n) is 6.28. The molecule has 4 rings (SSSR count). The van der Waals surface area contributed by atoms with Gasteiger partial charge in [-0.15, -0.1) is 0 Å². The van der Waals surface area contributed by atoms with Gasteiger partial charge in [-0.25, -0.2) is 5.48 Å². The zero-order chi connectivity index (χ0) is 20.4. The molecule has 0 saturated heterocycles. The van der Waals surface area contributed by atoms with Crippen LogP contribution in [0, 0.1) is 0 Å². The van der Waals surface area contributed by atoms with Gasteiger partial charge >= 0.3 is 0 Å². The number of rotatable bonds is 5. The maximum absolute atomic E-state index is 13.0. The van der Waals surface area contributed by atoms with E-state index in [1.165, 1.54) is 0 Å². The second-order valence-corrected chi connectivity index (χ2v) is 7.13. The van der Waals surface area contributed by atoms with Crippen LogP contribution >= 0.6 is 23.2 Å². The number of hydrogen-bond acceptors (Lipinski definition) is 6. The van der Waals surface area contributed by atoms with E-state index in [1.807, 2.05) is 0 Å². The first kappa shape index (κ1) is 19.4. The molecule has 1 aliphatic rings. The van der Waals surface area contributed by atoms with Crippen molar-refractivity contribution in [1.29, 1.82) is 0 Å². The summed E-state index contributed by atoms with van der Waals surface area (Å²) in [5, 5.41) is 7.26. The van der Waals surface area contributed by atoms with Gasteiger partial charge in [0.2, 0.25) is 6.39 Å². The summed E-state index contributed by atoms with van der Waals surface area (Å²) in [4.78, 5) is 34.7. The molecule has 148 valence electrons. The minimum atomic E-state index is -0.784. The summed E-state index contributed by atoms with van der Waals surface area (Å²) in [6, 6.07) is 11.1. The fourth-order valence-electron chi connectivity index (χ4n) is 3.25. The lowest BCUT2D eigenvalue weighted by Crippen LogP contribution is -2.44. The van der Waals surface area contributed by atoms with Gasteiger partial charge in [-0.05, 0) is 29.3 Å². The van der Waals surface area contributed by atoms with E-state index in [1.54, 1.807) is 42.5 Å². The van der Waals surface area contributed by atoms with Crippen LogP contribution < -0.4 is 10.8 Å². The van der Waals surface area contributed by atoms with Gasteiger partial charge in [0.1, 0.15) is 6.61 Å². The highest BCUT2D eigenvalue weighted by atomic mass is 35.5. The molecule has 3 aromatic rings. The first-order valence-corrected chi connectivity index (χ1v) is 9.32. The van der Waals surface area contributed by atoms with Gasteiger partial charge in [0.05, 0.1) is 12.0 Å². The van der Waals surface area contributed by atoms with E-state index in [0.717, 1.165) is 6.39 Å². The van der Waals surface area contributed by atoms with Crippen molar-refractivity contribution in [1.82, 2.24) is 20.9 Å². The van der Waals surface area contributed by atoms with Crippen molar-refractivity contribution in [3.63, 3.8) is 0 Å². The molecule has 0 saturated carbocycles. The van der Waals surface area contributed by atoms with Crippen molar-refractivity contribution < 1.29 is 18.9 Å². The van der Waals surface area contributed by atoms with Crippen LogP contribution in [0.3, 0.4) is 0 Å². The third-order valence-electron chi connectivity index (χ3n) is 4.52. The Labute approximate surface area is 175 Å². The minimum absolute atomic E-state index is 0.0741. The Morgan fingerprint density at radius 2 is 2.03 bits per heavy atom. The number of carbonyl (C=O) groups is 2. The molecule has 0 aliphatic carbocycles. The van der Waals surface area contributed by atoms with Crippen LogP contribution in [0.15, 0.2) is 53.4 Å². The average Bonchev–Trinajstić information content (AvgIpc) is 3.21. The van der Waals surface area contributed by atoms with E-state index >= 15 is 0 Å². The molecule has 0 radical (unpaired) electrons. The van der Waals surface area contributed by atoms with E-state index in [-0.39, 0.29) is 18.3 Å². The summed E-state index contributed by atoms with van der Waals surface area (Å²) < 4.78 is 4.62. The molecule has 2 amide bonds. The number of benzene rings is 2. The zero-order valence-electron chi connectivity index (χ0n) is 14.8. The number of amides is 2. The predicted molar refractivity (Wildman–Crippen MR) is 103 cm³/mol. The van der Waals surface area contributed by atoms with Crippen molar-refractivity contribution in [3.8, 4) is 0 Å². The summed E-state index contributed by atoms with van der Waals surface area (Å²) in [7, 11) is 0. The number of hydrogen-bond donors (Lipinski definition) is 2. The van der Waals surface area contributed by atoms with Crippen molar-refractivity contribution >= 4 is 35.0 Å². The van der Waals surface area contributed by atoms with Gasteiger partial charge in [0.25, 0.3) is 11.8 Å². The lowest BCUT2D eigenvalue weighted by atomic mass is 9.80. The quantitative estimate of drug-likeness (QED) is 0.599. The summed E-state index contributed by atoms with van der Waals surface area (Å²) in [5.41, 5.74) is 3.94. The van der Waals surface area contributed by atoms with Gasteiger partial charge in [0, 0.05) is 15.6 Å². The first-order chi connectivity index (χ1) is 14.0. The van der Waals surface area contributed by atoms with Crippen molar-refractivity contribution in [2.75, 3.05) is 0 Å². The highest BCUT2D eigenvalue weighted by Crippen LogP contribution is 2.40. The lowest BCUT2D eigenvalue weighted by Gasteiger charge is -2.33. The van der Waals surface area contributed by atoms with Crippen LogP contribution in [0.4, 0.5) is 0 Å². The molecule has 2 heterocycles. The van der Waals surface area contributed by atoms with Crippen molar-refractivity contribution in [3.05, 3.63) is 81.4 Å². The Morgan fingerprint density at radius 1 is 1.21 bits per heavy atom. The smallest absolute Gasteiger partial charge is 0.253 e. The Bertz CT molecular complexity index is 1060. The Hall–Kier alpha value is -2.94. The van der Waals surface area contributed by atoms with Crippen LogP contribution in [-0.2, 0) is 16.2 Å². The van der Waals surface area contributed by atoms with Gasteiger partial charge in [0.15, 0.2) is 5.82 Å². The maximum Gasteiger partial charge on any atom is 0.253 e. The van der Waals surface area contributed by atoms with Gasteiger partial charge in [-0.3, -0.25) is 14.4 Å². The monoisotopic (exact) mass is 432 g/mol. The zero-order valence-corrected chi connectivity index (χ0v) is 16.3. The van der Waals surface area contributed by atoms with Crippen LogP contribution in [-0.4, -0.2) is 22.0 Å². The molecular formula is C19H14Cl2N4O4. The van der Waals surface area contributed by atoms with Gasteiger partial charge in [-0.1, -0.05) is 52.6 Å². The molecule has 2 aromatic carbocycles. The number of nitrogens with one attached hydrogen (secondary N) is 2. The average molecular weight is 433 g/mol. The fourth-order valence-corrected chi connectivity index (χ4v) is 3.78. The number of hydroxylamine groups is 1. The summed E-state index contributed by atoms with van der Waals surface area (Å²) in [6.45, 7) is -0.0741.